The highest BCUT2D eigenvalue weighted by atomic mass is 79.9. The van der Waals surface area contributed by atoms with Crippen molar-refractivity contribution in [3.63, 3.8) is 0 Å². The molecule has 1 unspecified atom stereocenters. The fraction of sp³-hybridized carbons (Fsp3) is 0.333. The first-order valence-electron chi connectivity index (χ1n) is 4.22. The lowest BCUT2D eigenvalue weighted by Gasteiger charge is -2.10. The molecule has 0 aliphatic heterocycles. The molecular weight excluding hydrogens is 286 g/mol. The Morgan fingerprint density at radius 3 is 3.00 bits per heavy atom. The first-order chi connectivity index (χ1) is 7.04. The van der Waals surface area contributed by atoms with Gasteiger partial charge in [0.05, 0.1) is 10.7 Å². The Morgan fingerprint density at radius 2 is 2.47 bits per heavy atom. The quantitative estimate of drug-likeness (QED) is 0.870. The molecule has 1 aromatic heterocycles. The minimum atomic E-state index is -0.496. The lowest BCUT2D eigenvalue weighted by Crippen LogP contribution is -2.34. The highest BCUT2D eigenvalue weighted by Crippen LogP contribution is 2.15. The number of aromatic nitrogens is 1. The van der Waals surface area contributed by atoms with E-state index in [1.165, 1.54) is 6.07 Å². The highest BCUT2D eigenvalue weighted by Gasteiger charge is 2.14. The van der Waals surface area contributed by atoms with Crippen molar-refractivity contribution >= 4 is 33.4 Å². The van der Waals surface area contributed by atoms with E-state index in [0.29, 0.717) is 10.4 Å². The number of hydrogen-bond acceptors (Lipinski definition) is 2. The Hall–Kier alpha value is -0.680. The van der Waals surface area contributed by atoms with Gasteiger partial charge in [0, 0.05) is 11.9 Å². The molecule has 0 fully saturated rings. The molecule has 82 valence electrons. The number of nitrogens with zero attached hydrogens (tertiary/aromatic N) is 1. The van der Waals surface area contributed by atoms with Crippen molar-refractivity contribution in [2.75, 3.05) is 5.88 Å². The van der Waals surface area contributed by atoms with Crippen LogP contribution in [0.3, 0.4) is 0 Å². The maximum Gasteiger partial charge on any atom is 0.271 e. The number of carbonyl (C=O) groups excluding carboxylic acids is 1. The fourth-order valence-electron chi connectivity index (χ4n) is 0.912. The number of halogens is 3. The third-order valence-electron chi connectivity index (χ3n) is 1.63. The van der Waals surface area contributed by atoms with Gasteiger partial charge in [-0.1, -0.05) is 0 Å². The second-order valence-electron chi connectivity index (χ2n) is 3.01. The van der Waals surface area contributed by atoms with Crippen molar-refractivity contribution in [2.45, 2.75) is 13.0 Å². The van der Waals surface area contributed by atoms with Crippen LogP contribution in [0.5, 0.6) is 0 Å². The zero-order valence-corrected chi connectivity index (χ0v) is 10.3. The Balaban J connectivity index is 2.82. The molecule has 15 heavy (non-hydrogen) atoms. The Labute approximate surface area is 100 Å². The molecule has 1 atom stereocenters. The molecule has 0 aliphatic rings. The van der Waals surface area contributed by atoms with E-state index in [4.69, 9.17) is 11.6 Å². The normalized spacial score (nSPS) is 12.3. The van der Waals surface area contributed by atoms with Gasteiger partial charge >= 0.3 is 0 Å². The fourth-order valence-corrected chi connectivity index (χ4v) is 1.49. The average molecular weight is 296 g/mol. The van der Waals surface area contributed by atoms with Gasteiger partial charge in [0.2, 0.25) is 0 Å². The van der Waals surface area contributed by atoms with Crippen molar-refractivity contribution in [1.29, 1.82) is 0 Å². The first kappa shape index (κ1) is 12.4. The highest BCUT2D eigenvalue weighted by molar-refractivity contribution is 9.10. The van der Waals surface area contributed by atoms with Gasteiger partial charge in [-0.2, -0.15) is 0 Å². The predicted molar refractivity (Wildman–Crippen MR) is 59.5 cm³/mol. The van der Waals surface area contributed by atoms with Gasteiger partial charge in [-0.15, -0.1) is 11.6 Å². The smallest absolute Gasteiger partial charge is 0.271 e. The molecule has 0 aromatic carbocycles. The van der Waals surface area contributed by atoms with E-state index < -0.39 is 5.82 Å². The molecular formula is C9H9BrClFN2O. The molecule has 1 amide bonds. The van der Waals surface area contributed by atoms with E-state index >= 15 is 0 Å². The molecule has 6 heteroatoms. The van der Waals surface area contributed by atoms with Gasteiger partial charge in [-0.3, -0.25) is 4.79 Å². The third kappa shape index (κ3) is 3.43. The Morgan fingerprint density at radius 1 is 1.80 bits per heavy atom. The molecule has 0 saturated carbocycles. The third-order valence-corrected chi connectivity index (χ3v) is 2.70. The van der Waals surface area contributed by atoms with Gasteiger partial charge in [0.25, 0.3) is 5.91 Å². The van der Waals surface area contributed by atoms with E-state index in [9.17, 15) is 9.18 Å². The minimum Gasteiger partial charge on any atom is -0.347 e. The zero-order chi connectivity index (χ0) is 11.4. The summed E-state index contributed by atoms with van der Waals surface area (Å²) in [5.41, 5.74) is 0.147. The monoisotopic (exact) mass is 294 g/mol. The summed E-state index contributed by atoms with van der Waals surface area (Å²) in [4.78, 5) is 15.2. The summed E-state index contributed by atoms with van der Waals surface area (Å²) in [7, 11) is 0. The van der Waals surface area contributed by atoms with Crippen LogP contribution in [0.1, 0.15) is 17.4 Å². The van der Waals surface area contributed by atoms with Gasteiger partial charge < -0.3 is 5.32 Å². The summed E-state index contributed by atoms with van der Waals surface area (Å²) in [6.07, 6.45) is 0.991. The number of rotatable bonds is 3. The number of alkyl halides is 1. The first-order valence-corrected chi connectivity index (χ1v) is 5.55. The Kier molecular flexibility index (Phi) is 4.47. The molecule has 0 spiro atoms. The van der Waals surface area contributed by atoms with Gasteiger partial charge in [0.1, 0.15) is 11.5 Å². The number of hydrogen-bond donors (Lipinski definition) is 1. The summed E-state index contributed by atoms with van der Waals surface area (Å²) in [6.45, 7) is 1.77. The molecule has 0 aliphatic carbocycles. The molecule has 0 radical (unpaired) electrons. The van der Waals surface area contributed by atoms with Crippen LogP contribution in [-0.2, 0) is 0 Å². The second kappa shape index (κ2) is 5.42. The molecule has 1 aromatic rings. The van der Waals surface area contributed by atoms with Crippen LogP contribution < -0.4 is 5.32 Å². The maximum atomic E-state index is 12.7. The summed E-state index contributed by atoms with van der Waals surface area (Å²) in [6, 6.07) is 1.03. The Bertz CT molecular complexity index is 375. The van der Waals surface area contributed by atoms with Gasteiger partial charge in [0.15, 0.2) is 0 Å². The number of pyridine rings is 1. The van der Waals surface area contributed by atoms with E-state index in [0.717, 1.165) is 6.20 Å². The van der Waals surface area contributed by atoms with Crippen molar-refractivity contribution in [3.05, 3.63) is 28.2 Å². The number of nitrogens with one attached hydrogen (secondary N) is 1. The molecule has 1 N–H and O–H groups in total. The van der Waals surface area contributed by atoms with Crippen molar-refractivity contribution in [3.8, 4) is 0 Å². The van der Waals surface area contributed by atoms with Crippen molar-refractivity contribution in [2.24, 2.45) is 0 Å². The lowest BCUT2D eigenvalue weighted by molar-refractivity contribution is 0.0937. The minimum absolute atomic E-state index is 0.147. The van der Waals surface area contributed by atoms with Gasteiger partial charge in [-0.25, -0.2) is 9.37 Å². The van der Waals surface area contributed by atoms with Crippen LogP contribution in [0.15, 0.2) is 16.7 Å². The van der Waals surface area contributed by atoms with Crippen molar-refractivity contribution in [1.82, 2.24) is 10.3 Å². The molecule has 0 bridgehead atoms. The number of amides is 1. The van der Waals surface area contributed by atoms with Crippen LogP contribution >= 0.6 is 27.5 Å². The molecule has 0 saturated heterocycles. The second-order valence-corrected chi connectivity index (χ2v) is 4.18. The number of carbonyl (C=O) groups is 1. The summed E-state index contributed by atoms with van der Waals surface area (Å²) >= 11 is 8.60. The lowest BCUT2D eigenvalue weighted by atomic mass is 10.3. The summed E-state index contributed by atoms with van der Waals surface area (Å²) < 4.78 is 13.0. The summed E-state index contributed by atoms with van der Waals surface area (Å²) in [5.74, 6) is -0.566. The van der Waals surface area contributed by atoms with E-state index in [-0.39, 0.29) is 17.6 Å². The van der Waals surface area contributed by atoms with Gasteiger partial charge in [-0.05, 0) is 28.9 Å². The van der Waals surface area contributed by atoms with Crippen LogP contribution in [0.25, 0.3) is 0 Å². The largest absolute Gasteiger partial charge is 0.347 e. The van der Waals surface area contributed by atoms with Crippen LogP contribution in [0, 0.1) is 5.82 Å². The van der Waals surface area contributed by atoms with Crippen LogP contribution in [0.4, 0.5) is 4.39 Å². The SMILES string of the molecule is CC(CCl)NC(=O)c1ncc(F)cc1Br. The molecule has 1 rings (SSSR count). The van der Waals surface area contributed by atoms with E-state index in [2.05, 4.69) is 26.2 Å². The predicted octanol–water partition coefficient (Wildman–Crippen LogP) is 2.34. The average Bonchev–Trinajstić information content (AvgIpc) is 2.17. The van der Waals surface area contributed by atoms with E-state index in [1.54, 1.807) is 6.92 Å². The van der Waals surface area contributed by atoms with E-state index in [1.807, 2.05) is 0 Å². The van der Waals surface area contributed by atoms with Crippen molar-refractivity contribution < 1.29 is 9.18 Å². The topological polar surface area (TPSA) is 42.0 Å². The molecule has 3 nitrogen and oxygen atoms in total. The standard InChI is InChI=1S/C9H9BrClFN2O/c1-5(3-11)14-9(15)8-7(10)2-6(12)4-13-8/h2,4-5H,3H2,1H3,(H,14,15). The zero-order valence-electron chi connectivity index (χ0n) is 7.93. The van der Waals surface area contributed by atoms with Crippen LogP contribution in [-0.4, -0.2) is 22.8 Å². The summed E-state index contributed by atoms with van der Waals surface area (Å²) in [5, 5.41) is 2.62. The molecule has 1 heterocycles. The maximum absolute atomic E-state index is 12.7. The van der Waals surface area contributed by atoms with Crippen LogP contribution in [0.2, 0.25) is 0 Å².